The standard InChI is InChI=1S/C23H31N5O/c29-23(21-9-6-10-24-22(21)28-12-4-5-13-28)25-11-14-26-15-17-27(18-16-26)19-20-7-2-1-3-8-20/h1-3,6-10H,4-5,11-19H2,(H,25,29). The number of nitrogens with one attached hydrogen (secondary N) is 1. The van der Waals surface area contributed by atoms with Gasteiger partial charge in [0.2, 0.25) is 0 Å². The number of hydrogen-bond acceptors (Lipinski definition) is 5. The molecule has 0 aliphatic carbocycles. The van der Waals surface area contributed by atoms with Gasteiger partial charge in [0.25, 0.3) is 5.91 Å². The van der Waals surface area contributed by atoms with E-state index in [4.69, 9.17) is 0 Å². The average molecular weight is 394 g/mol. The summed E-state index contributed by atoms with van der Waals surface area (Å²) in [6.45, 7) is 8.81. The molecule has 0 bridgehead atoms. The minimum absolute atomic E-state index is 0.0114. The van der Waals surface area contributed by atoms with E-state index in [9.17, 15) is 4.79 Å². The van der Waals surface area contributed by atoms with Gasteiger partial charge in [-0.05, 0) is 30.5 Å². The van der Waals surface area contributed by atoms with E-state index in [1.807, 2.05) is 12.1 Å². The maximum Gasteiger partial charge on any atom is 0.255 e. The number of amides is 1. The first-order chi connectivity index (χ1) is 14.3. The third-order valence-corrected chi connectivity index (χ3v) is 5.86. The van der Waals surface area contributed by atoms with E-state index in [1.165, 1.54) is 18.4 Å². The molecule has 0 atom stereocenters. The molecule has 0 spiro atoms. The molecule has 2 aromatic rings. The summed E-state index contributed by atoms with van der Waals surface area (Å²) in [6.07, 6.45) is 4.13. The summed E-state index contributed by atoms with van der Waals surface area (Å²) >= 11 is 0. The second kappa shape index (κ2) is 9.85. The molecule has 6 heteroatoms. The Morgan fingerprint density at radius 2 is 1.62 bits per heavy atom. The smallest absolute Gasteiger partial charge is 0.255 e. The van der Waals surface area contributed by atoms with E-state index in [-0.39, 0.29) is 5.91 Å². The Kier molecular flexibility index (Phi) is 6.75. The van der Waals surface area contributed by atoms with Crippen LogP contribution in [0.5, 0.6) is 0 Å². The number of pyridine rings is 1. The molecule has 6 nitrogen and oxygen atoms in total. The molecule has 1 aromatic heterocycles. The van der Waals surface area contributed by atoms with E-state index >= 15 is 0 Å². The lowest BCUT2D eigenvalue weighted by Crippen LogP contribution is -2.48. The van der Waals surface area contributed by atoms with Gasteiger partial charge in [0, 0.05) is 65.1 Å². The monoisotopic (exact) mass is 393 g/mol. The quantitative estimate of drug-likeness (QED) is 0.782. The summed E-state index contributed by atoms with van der Waals surface area (Å²) in [4.78, 5) is 24.3. The Balaban J connectivity index is 1.21. The number of rotatable bonds is 7. The van der Waals surface area contributed by atoms with Crippen LogP contribution in [0.25, 0.3) is 0 Å². The molecule has 29 heavy (non-hydrogen) atoms. The summed E-state index contributed by atoms with van der Waals surface area (Å²) in [5.41, 5.74) is 2.07. The SMILES string of the molecule is O=C(NCCN1CCN(Cc2ccccc2)CC1)c1cccnc1N1CCCC1. The molecule has 4 rings (SSSR count). The van der Waals surface area contributed by atoms with Crippen LogP contribution in [0.15, 0.2) is 48.7 Å². The van der Waals surface area contributed by atoms with E-state index in [2.05, 4.69) is 55.3 Å². The fourth-order valence-corrected chi connectivity index (χ4v) is 4.19. The number of aromatic nitrogens is 1. The van der Waals surface area contributed by atoms with E-state index in [1.54, 1.807) is 6.20 Å². The third kappa shape index (κ3) is 5.34. The molecule has 2 aliphatic heterocycles. The molecule has 0 unspecified atom stereocenters. The van der Waals surface area contributed by atoms with Gasteiger partial charge in [-0.2, -0.15) is 0 Å². The van der Waals surface area contributed by atoms with Crippen molar-refractivity contribution in [1.29, 1.82) is 0 Å². The minimum Gasteiger partial charge on any atom is -0.356 e. The molecule has 1 amide bonds. The number of benzene rings is 1. The summed E-state index contributed by atoms with van der Waals surface area (Å²) in [6, 6.07) is 14.4. The van der Waals surface area contributed by atoms with Crippen LogP contribution >= 0.6 is 0 Å². The molecule has 154 valence electrons. The number of hydrogen-bond donors (Lipinski definition) is 1. The molecule has 3 heterocycles. The van der Waals surface area contributed by atoms with Gasteiger partial charge in [0.15, 0.2) is 0 Å². The number of anilines is 1. The molecule has 2 saturated heterocycles. The Bertz CT molecular complexity index is 783. The van der Waals surface area contributed by atoms with Gasteiger partial charge in [0.05, 0.1) is 5.56 Å². The second-order valence-corrected chi connectivity index (χ2v) is 7.93. The van der Waals surface area contributed by atoms with Crippen LogP contribution < -0.4 is 10.2 Å². The van der Waals surface area contributed by atoms with Crippen molar-refractivity contribution in [2.24, 2.45) is 0 Å². The topological polar surface area (TPSA) is 51.7 Å². The molecular weight excluding hydrogens is 362 g/mol. The van der Waals surface area contributed by atoms with Gasteiger partial charge < -0.3 is 10.2 Å². The Labute approximate surface area is 173 Å². The predicted octanol–water partition coefficient (Wildman–Crippen LogP) is 2.23. The largest absolute Gasteiger partial charge is 0.356 e. The normalized spacial score (nSPS) is 18.1. The van der Waals surface area contributed by atoms with Crippen LogP contribution in [0.2, 0.25) is 0 Å². The van der Waals surface area contributed by atoms with Crippen LogP contribution in [0.1, 0.15) is 28.8 Å². The van der Waals surface area contributed by atoms with E-state index in [0.717, 1.165) is 58.2 Å². The van der Waals surface area contributed by atoms with Crippen molar-refractivity contribution in [2.45, 2.75) is 19.4 Å². The number of carbonyl (C=O) groups is 1. The molecule has 1 aromatic carbocycles. The molecular formula is C23H31N5O. The highest BCUT2D eigenvalue weighted by molar-refractivity contribution is 5.98. The number of carbonyl (C=O) groups excluding carboxylic acids is 1. The van der Waals surface area contributed by atoms with Crippen molar-refractivity contribution in [3.8, 4) is 0 Å². The van der Waals surface area contributed by atoms with Gasteiger partial charge in [0.1, 0.15) is 5.82 Å². The molecule has 0 radical (unpaired) electrons. The van der Waals surface area contributed by atoms with Crippen LogP contribution in [0.3, 0.4) is 0 Å². The highest BCUT2D eigenvalue weighted by Crippen LogP contribution is 2.21. The minimum atomic E-state index is -0.0114. The van der Waals surface area contributed by atoms with Gasteiger partial charge >= 0.3 is 0 Å². The summed E-state index contributed by atoms with van der Waals surface area (Å²) in [5, 5.41) is 3.10. The zero-order valence-corrected chi connectivity index (χ0v) is 17.1. The van der Waals surface area contributed by atoms with Crippen molar-refractivity contribution in [1.82, 2.24) is 20.1 Å². The van der Waals surface area contributed by atoms with E-state index < -0.39 is 0 Å². The lowest BCUT2D eigenvalue weighted by Gasteiger charge is -2.34. The first kappa shape index (κ1) is 19.9. The fraction of sp³-hybridized carbons (Fsp3) is 0.478. The average Bonchev–Trinajstić information content (AvgIpc) is 3.30. The highest BCUT2D eigenvalue weighted by Gasteiger charge is 2.21. The first-order valence-corrected chi connectivity index (χ1v) is 10.8. The molecule has 2 fully saturated rings. The number of piperazine rings is 1. The van der Waals surface area contributed by atoms with Crippen LogP contribution in [-0.4, -0.2) is 73.0 Å². The van der Waals surface area contributed by atoms with Crippen LogP contribution in [-0.2, 0) is 6.54 Å². The Morgan fingerprint density at radius 3 is 2.38 bits per heavy atom. The van der Waals surface area contributed by atoms with Gasteiger partial charge in [-0.15, -0.1) is 0 Å². The Hall–Kier alpha value is -2.44. The molecule has 2 aliphatic rings. The van der Waals surface area contributed by atoms with Crippen LogP contribution in [0, 0.1) is 0 Å². The van der Waals surface area contributed by atoms with Crippen molar-refractivity contribution in [3.63, 3.8) is 0 Å². The summed E-state index contributed by atoms with van der Waals surface area (Å²) < 4.78 is 0. The maximum absolute atomic E-state index is 12.7. The molecule has 0 saturated carbocycles. The zero-order chi connectivity index (χ0) is 19.9. The van der Waals surface area contributed by atoms with Crippen molar-refractivity contribution in [3.05, 3.63) is 59.8 Å². The number of nitrogens with zero attached hydrogens (tertiary/aromatic N) is 4. The van der Waals surface area contributed by atoms with Gasteiger partial charge in [-0.3, -0.25) is 14.6 Å². The van der Waals surface area contributed by atoms with Gasteiger partial charge in [-0.25, -0.2) is 4.98 Å². The maximum atomic E-state index is 12.7. The summed E-state index contributed by atoms with van der Waals surface area (Å²) in [7, 11) is 0. The first-order valence-electron chi connectivity index (χ1n) is 10.8. The second-order valence-electron chi connectivity index (χ2n) is 7.93. The van der Waals surface area contributed by atoms with Crippen molar-refractivity contribution < 1.29 is 4.79 Å². The fourth-order valence-electron chi connectivity index (χ4n) is 4.19. The highest BCUT2D eigenvalue weighted by atomic mass is 16.1. The predicted molar refractivity (Wildman–Crippen MR) is 116 cm³/mol. The Morgan fingerprint density at radius 1 is 0.897 bits per heavy atom. The lowest BCUT2D eigenvalue weighted by atomic mass is 10.2. The van der Waals surface area contributed by atoms with Crippen molar-refractivity contribution >= 4 is 11.7 Å². The van der Waals surface area contributed by atoms with Gasteiger partial charge in [-0.1, -0.05) is 30.3 Å². The zero-order valence-electron chi connectivity index (χ0n) is 17.1. The third-order valence-electron chi connectivity index (χ3n) is 5.86. The van der Waals surface area contributed by atoms with E-state index in [0.29, 0.717) is 12.1 Å². The molecule has 1 N–H and O–H groups in total. The van der Waals surface area contributed by atoms with Crippen molar-refractivity contribution in [2.75, 3.05) is 57.3 Å². The lowest BCUT2D eigenvalue weighted by molar-refractivity contribution is 0.0934. The van der Waals surface area contributed by atoms with Crippen LogP contribution in [0.4, 0.5) is 5.82 Å². The summed E-state index contributed by atoms with van der Waals surface area (Å²) in [5.74, 6) is 0.819.